The van der Waals surface area contributed by atoms with Gasteiger partial charge in [0, 0.05) is 11.9 Å². The van der Waals surface area contributed by atoms with E-state index in [1.54, 1.807) is 13.3 Å². The van der Waals surface area contributed by atoms with Crippen molar-refractivity contribution in [2.24, 2.45) is 11.8 Å². The third-order valence-electron chi connectivity index (χ3n) is 5.51. The van der Waals surface area contributed by atoms with Gasteiger partial charge in [0.2, 0.25) is 0 Å². The first-order valence-corrected chi connectivity index (χ1v) is 9.05. The Hall–Kier alpha value is -2.30. The topological polar surface area (TPSA) is 51.7 Å². The molecule has 1 aromatic heterocycles. The van der Waals surface area contributed by atoms with Crippen molar-refractivity contribution in [1.29, 1.82) is 0 Å². The Balaban J connectivity index is 1.73. The molecule has 0 saturated heterocycles. The second-order valence-corrected chi connectivity index (χ2v) is 7.27. The van der Waals surface area contributed by atoms with Crippen molar-refractivity contribution in [1.82, 2.24) is 4.98 Å². The van der Waals surface area contributed by atoms with Gasteiger partial charge in [0.15, 0.2) is 12.4 Å². The van der Waals surface area contributed by atoms with Crippen LogP contribution in [0, 0.1) is 11.8 Å². The van der Waals surface area contributed by atoms with Crippen LogP contribution >= 0.6 is 0 Å². The fourth-order valence-corrected chi connectivity index (χ4v) is 3.96. The number of carbonyl (C=O) groups excluding carboxylic acids is 1. The molecule has 1 aliphatic carbocycles. The summed E-state index contributed by atoms with van der Waals surface area (Å²) in [4.78, 5) is 19.0. The standard InChI is InChI=1S/C20H24N2O3/c1-13-3-5-14(6-4-13)11-22-19(23)12-25-18-10-21-17-8-7-15(24-2)9-16(17)20(18)22/h7-10,13-14H,3-6,11-12H2,1-2H3. The lowest BCUT2D eigenvalue weighted by Crippen LogP contribution is -2.42. The van der Waals surface area contributed by atoms with Crippen LogP contribution in [0.4, 0.5) is 5.69 Å². The molecule has 5 nitrogen and oxygen atoms in total. The van der Waals surface area contributed by atoms with Gasteiger partial charge in [-0.3, -0.25) is 9.78 Å². The van der Waals surface area contributed by atoms with Gasteiger partial charge in [-0.05, 0) is 42.9 Å². The number of rotatable bonds is 3. The molecule has 1 aromatic carbocycles. The fourth-order valence-electron chi connectivity index (χ4n) is 3.96. The first-order chi connectivity index (χ1) is 12.2. The van der Waals surface area contributed by atoms with Crippen LogP contribution in [0.3, 0.4) is 0 Å². The number of aromatic nitrogens is 1. The van der Waals surface area contributed by atoms with Gasteiger partial charge < -0.3 is 14.4 Å². The fraction of sp³-hybridized carbons (Fsp3) is 0.500. The van der Waals surface area contributed by atoms with Gasteiger partial charge in [-0.25, -0.2) is 0 Å². The number of fused-ring (bicyclic) bond motifs is 3. The Labute approximate surface area is 147 Å². The van der Waals surface area contributed by atoms with E-state index >= 15 is 0 Å². The Morgan fingerprint density at radius 3 is 2.84 bits per heavy atom. The largest absolute Gasteiger partial charge is 0.497 e. The number of anilines is 1. The summed E-state index contributed by atoms with van der Waals surface area (Å²) < 4.78 is 11.0. The van der Waals surface area contributed by atoms with Crippen molar-refractivity contribution in [2.75, 3.05) is 25.2 Å². The molecule has 0 bridgehead atoms. The summed E-state index contributed by atoms with van der Waals surface area (Å²) in [7, 11) is 1.65. The van der Waals surface area contributed by atoms with Gasteiger partial charge in [0.05, 0.1) is 24.5 Å². The van der Waals surface area contributed by atoms with E-state index in [0.29, 0.717) is 11.7 Å². The van der Waals surface area contributed by atoms with E-state index < -0.39 is 0 Å². The highest BCUT2D eigenvalue weighted by Gasteiger charge is 2.31. The molecule has 1 aliphatic heterocycles. The molecular weight excluding hydrogens is 316 g/mol. The minimum absolute atomic E-state index is 0.0291. The third kappa shape index (κ3) is 3.03. The highest BCUT2D eigenvalue weighted by Crippen LogP contribution is 2.40. The number of carbonyl (C=O) groups is 1. The van der Waals surface area contributed by atoms with E-state index in [0.717, 1.165) is 34.8 Å². The number of amides is 1. The van der Waals surface area contributed by atoms with Crippen LogP contribution in [0.25, 0.3) is 10.9 Å². The van der Waals surface area contributed by atoms with E-state index in [2.05, 4.69) is 11.9 Å². The molecule has 2 aromatic rings. The highest BCUT2D eigenvalue weighted by atomic mass is 16.5. The smallest absolute Gasteiger partial charge is 0.265 e. The van der Waals surface area contributed by atoms with Crippen molar-refractivity contribution < 1.29 is 14.3 Å². The van der Waals surface area contributed by atoms with Gasteiger partial charge in [0.25, 0.3) is 5.91 Å². The molecular formula is C20H24N2O3. The number of pyridine rings is 1. The van der Waals surface area contributed by atoms with Crippen LogP contribution in [0.1, 0.15) is 32.6 Å². The van der Waals surface area contributed by atoms with E-state index in [9.17, 15) is 4.79 Å². The van der Waals surface area contributed by atoms with E-state index in [4.69, 9.17) is 9.47 Å². The Morgan fingerprint density at radius 1 is 1.28 bits per heavy atom. The minimum atomic E-state index is 0.0291. The second kappa shape index (κ2) is 6.54. The molecule has 132 valence electrons. The lowest BCUT2D eigenvalue weighted by atomic mass is 9.82. The van der Waals surface area contributed by atoms with Crippen LogP contribution < -0.4 is 14.4 Å². The van der Waals surface area contributed by atoms with Gasteiger partial charge in [-0.2, -0.15) is 0 Å². The zero-order valence-corrected chi connectivity index (χ0v) is 14.8. The maximum atomic E-state index is 12.6. The summed E-state index contributed by atoms with van der Waals surface area (Å²) in [5.41, 5.74) is 1.69. The molecule has 0 unspecified atom stereocenters. The molecule has 2 heterocycles. The minimum Gasteiger partial charge on any atom is -0.497 e. The number of hydrogen-bond acceptors (Lipinski definition) is 4. The molecule has 2 aliphatic rings. The van der Waals surface area contributed by atoms with E-state index in [1.165, 1.54) is 25.7 Å². The van der Waals surface area contributed by atoms with Crippen molar-refractivity contribution in [2.45, 2.75) is 32.6 Å². The zero-order valence-electron chi connectivity index (χ0n) is 14.8. The second-order valence-electron chi connectivity index (χ2n) is 7.27. The summed E-state index contributed by atoms with van der Waals surface area (Å²) in [6.07, 6.45) is 6.61. The maximum absolute atomic E-state index is 12.6. The highest BCUT2D eigenvalue weighted by molar-refractivity contribution is 6.07. The first kappa shape index (κ1) is 16.2. The van der Waals surface area contributed by atoms with Crippen LogP contribution in [-0.2, 0) is 4.79 Å². The average molecular weight is 340 g/mol. The summed E-state index contributed by atoms with van der Waals surface area (Å²) in [5, 5.41) is 0.911. The van der Waals surface area contributed by atoms with E-state index in [1.807, 2.05) is 23.1 Å². The van der Waals surface area contributed by atoms with Crippen LogP contribution in [0.2, 0.25) is 0 Å². The van der Waals surface area contributed by atoms with Crippen molar-refractivity contribution in [3.63, 3.8) is 0 Å². The van der Waals surface area contributed by atoms with Crippen molar-refractivity contribution >= 4 is 22.5 Å². The predicted octanol–water partition coefficient (Wildman–Crippen LogP) is 3.80. The Morgan fingerprint density at radius 2 is 2.08 bits per heavy atom. The molecule has 5 heteroatoms. The molecule has 1 saturated carbocycles. The molecule has 0 atom stereocenters. The van der Waals surface area contributed by atoms with Gasteiger partial charge in [-0.15, -0.1) is 0 Å². The Bertz CT molecular complexity index is 792. The zero-order chi connectivity index (χ0) is 17.4. The maximum Gasteiger partial charge on any atom is 0.265 e. The number of nitrogens with zero attached hydrogens (tertiary/aromatic N) is 2. The van der Waals surface area contributed by atoms with Gasteiger partial charge in [0.1, 0.15) is 5.75 Å². The quantitative estimate of drug-likeness (QED) is 0.853. The number of methoxy groups -OCH3 is 1. The Kier molecular flexibility index (Phi) is 4.24. The summed E-state index contributed by atoms with van der Waals surface area (Å²) >= 11 is 0. The normalized spacial score (nSPS) is 23.3. The molecule has 0 N–H and O–H groups in total. The molecule has 0 radical (unpaired) electrons. The molecule has 25 heavy (non-hydrogen) atoms. The summed E-state index contributed by atoms with van der Waals surface area (Å²) in [5.74, 6) is 2.83. The van der Waals surface area contributed by atoms with Crippen LogP contribution in [0.15, 0.2) is 24.4 Å². The number of ether oxygens (including phenoxy) is 2. The molecule has 0 spiro atoms. The van der Waals surface area contributed by atoms with E-state index in [-0.39, 0.29) is 12.5 Å². The summed E-state index contributed by atoms with van der Waals surface area (Å²) in [6.45, 7) is 3.17. The van der Waals surface area contributed by atoms with Crippen LogP contribution in [0.5, 0.6) is 11.5 Å². The lowest BCUT2D eigenvalue weighted by Gasteiger charge is -2.35. The SMILES string of the molecule is COc1ccc2ncc3c(c2c1)N(CC1CCC(C)CC1)C(=O)CO3. The van der Waals surface area contributed by atoms with Crippen molar-refractivity contribution in [3.8, 4) is 11.5 Å². The number of hydrogen-bond donors (Lipinski definition) is 0. The van der Waals surface area contributed by atoms with Gasteiger partial charge >= 0.3 is 0 Å². The van der Waals surface area contributed by atoms with Gasteiger partial charge in [-0.1, -0.05) is 19.8 Å². The van der Waals surface area contributed by atoms with Crippen molar-refractivity contribution in [3.05, 3.63) is 24.4 Å². The molecule has 4 rings (SSSR count). The molecule has 1 amide bonds. The van der Waals surface area contributed by atoms with Crippen LogP contribution in [-0.4, -0.2) is 31.2 Å². The summed E-state index contributed by atoms with van der Waals surface area (Å²) in [6, 6.07) is 5.76. The molecule has 1 fully saturated rings. The predicted molar refractivity (Wildman–Crippen MR) is 97.3 cm³/mol. The number of benzene rings is 1. The monoisotopic (exact) mass is 340 g/mol. The third-order valence-corrected chi connectivity index (χ3v) is 5.51. The average Bonchev–Trinajstić information content (AvgIpc) is 2.64. The lowest BCUT2D eigenvalue weighted by molar-refractivity contribution is -0.121. The first-order valence-electron chi connectivity index (χ1n) is 9.05.